The van der Waals surface area contributed by atoms with Gasteiger partial charge in [-0.2, -0.15) is 0 Å². The van der Waals surface area contributed by atoms with Crippen LogP contribution in [0.5, 0.6) is 0 Å². The summed E-state index contributed by atoms with van der Waals surface area (Å²) in [5.74, 6) is -0.0713. The van der Waals surface area contributed by atoms with Gasteiger partial charge < -0.3 is 20.3 Å². The summed E-state index contributed by atoms with van der Waals surface area (Å²) in [6.45, 7) is 6.35. The number of aromatic nitrogens is 1. The van der Waals surface area contributed by atoms with Gasteiger partial charge in [0.2, 0.25) is 0 Å². The van der Waals surface area contributed by atoms with Gasteiger partial charge >= 0.3 is 0 Å². The number of aryl methyl sites for hydroxylation is 1. The smallest absolute Gasteiger partial charge is 0.267 e. The number of halogens is 1. The van der Waals surface area contributed by atoms with Crippen molar-refractivity contribution in [3.05, 3.63) is 22.4 Å². The highest BCUT2D eigenvalue weighted by atomic mass is 79.9. The molecular formula is C13H22BrN3O2. The second-order valence-electron chi connectivity index (χ2n) is 4.55. The van der Waals surface area contributed by atoms with Crippen molar-refractivity contribution in [3.8, 4) is 0 Å². The van der Waals surface area contributed by atoms with Gasteiger partial charge in [-0.25, -0.2) is 0 Å². The Kier molecular flexibility index (Phi) is 7.12. The number of carbonyl (C=O) groups is 1. The van der Waals surface area contributed by atoms with E-state index in [1.165, 1.54) is 0 Å². The van der Waals surface area contributed by atoms with Crippen LogP contribution < -0.4 is 10.6 Å². The van der Waals surface area contributed by atoms with Crippen molar-refractivity contribution >= 4 is 21.8 Å². The van der Waals surface area contributed by atoms with E-state index in [1.807, 2.05) is 16.8 Å². The SMILES string of the molecule is CCCn1cc(Br)cc1C(=O)NCCNCC(C)O. The minimum Gasteiger partial charge on any atom is -0.392 e. The molecule has 5 nitrogen and oxygen atoms in total. The van der Waals surface area contributed by atoms with Gasteiger partial charge in [0.05, 0.1) is 6.10 Å². The maximum absolute atomic E-state index is 12.0. The average molecular weight is 332 g/mol. The Labute approximate surface area is 122 Å². The molecule has 0 fully saturated rings. The summed E-state index contributed by atoms with van der Waals surface area (Å²) in [4.78, 5) is 12.0. The quantitative estimate of drug-likeness (QED) is 0.630. The molecule has 0 spiro atoms. The standard InChI is InChI=1S/C13H22BrN3O2/c1-3-6-17-9-11(14)7-12(17)13(19)16-5-4-15-8-10(2)18/h7,9-10,15,18H,3-6,8H2,1-2H3,(H,16,19). The number of rotatable bonds is 8. The van der Waals surface area contributed by atoms with Crippen molar-refractivity contribution in [2.75, 3.05) is 19.6 Å². The summed E-state index contributed by atoms with van der Waals surface area (Å²) in [5, 5.41) is 15.0. The van der Waals surface area contributed by atoms with Crippen LogP contribution in [0.2, 0.25) is 0 Å². The van der Waals surface area contributed by atoms with Crippen LogP contribution in [0.3, 0.4) is 0 Å². The van der Waals surface area contributed by atoms with Crippen LogP contribution in [0, 0.1) is 0 Å². The van der Waals surface area contributed by atoms with Crippen molar-refractivity contribution in [2.24, 2.45) is 0 Å². The molecule has 1 rings (SSSR count). The van der Waals surface area contributed by atoms with Crippen molar-refractivity contribution in [2.45, 2.75) is 32.9 Å². The first-order valence-electron chi connectivity index (χ1n) is 6.57. The van der Waals surface area contributed by atoms with E-state index < -0.39 is 0 Å². The second kappa shape index (κ2) is 8.35. The van der Waals surface area contributed by atoms with Gasteiger partial charge in [-0.05, 0) is 35.3 Å². The molecule has 1 unspecified atom stereocenters. The topological polar surface area (TPSA) is 66.3 Å². The van der Waals surface area contributed by atoms with Crippen LogP contribution in [-0.2, 0) is 6.54 Å². The number of aliphatic hydroxyl groups excluding tert-OH is 1. The summed E-state index contributed by atoms with van der Waals surface area (Å²) >= 11 is 3.39. The zero-order valence-electron chi connectivity index (χ0n) is 11.4. The zero-order valence-corrected chi connectivity index (χ0v) is 13.0. The van der Waals surface area contributed by atoms with E-state index in [4.69, 9.17) is 5.11 Å². The Bertz CT molecular complexity index is 405. The molecule has 108 valence electrons. The van der Waals surface area contributed by atoms with Gasteiger partial charge in [-0.15, -0.1) is 0 Å². The Balaban J connectivity index is 2.40. The normalized spacial score (nSPS) is 12.4. The molecule has 1 amide bonds. The Morgan fingerprint density at radius 3 is 2.89 bits per heavy atom. The molecule has 1 aromatic rings. The molecular weight excluding hydrogens is 310 g/mol. The highest BCUT2D eigenvalue weighted by Gasteiger charge is 2.11. The van der Waals surface area contributed by atoms with Gasteiger partial charge in [0.15, 0.2) is 0 Å². The molecule has 1 atom stereocenters. The van der Waals surface area contributed by atoms with Crippen molar-refractivity contribution in [1.29, 1.82) is 0 Å². The Morgan fingerprint density at radius 2 is 2.26 bits per heavy atom. The number of hydrogen-bond donors (Lipinski definition) is 3. The lowest BCUT2D eigenvalue weighted by Gasteiger charge is -2.10. The first kappa shape index (κ1) is 16.2. The summed E-state index contributed by atoms with van der Waals surface area (Å²) in [5.41, 5.74) is 0.671. The maximum atomic E-state index is 12.0. The molecule has 1 aromatic heterocycles. The molecule has 6 heteroatoms. The van der Waals surface area contributed by atoms with Gasteiger partial charge in [0.1, 0.15) is 5.69 Å². The number of hydrogen-bond acceptors (Lipinski definition) is 3. The van der Waals surface area contributed by atoms with E-state index in [1.54, 1.807) is 6.92 Å². The number of nitrogens with zero attached hydrogens (tertiary/aromatic N) is 1. The number of carbonyl (C=O) groups excluding carboxylic acids is 1. The third-order valence-corrected chi connectivity index (χ3v) is 3.02. The number of aliphatic hydroxyl groups is 1. The van der Waals surface area contributed by atoms with Crippen molar-refractivity contribution in [1.82, 2.24) is 15.2 Å². The summed E-state index contributed by atoms with van der Waals surface area (Å²) in [6, 6.07) is 1.83. The summed E-state index contributed by atoms with van der Waals surface area (Å²) in [6.07, 6.45) is 2.54. The lowest BCUT2D eigenvalue weighted by Crippen LogP contribution is -2.35. The summed E-state index contributed by atoms with van der Waals surface area (Å²) < 4.78 is 2.86. The first-order valence-corrected chi connectivity index (χ1v) is 7.36. The van der Waals surface area contributed by atoms with Crippen LogP contribution in [0.25, 0.3) is 0 Å². The van der Waals surface area contributed by atoms with Crippen LogP contribution in [-0.4, -0.2) is 41.3 Å². The molecule has 0 bridgehead atoms. The highest BCUT2D eigenvalue weighted by Crippen LogP contribution is 2.15. The van der Waals surface area contributed by atoms with Crippen LogP contribution in [0.1, 0.15) is 30.8 Å². The van der Waals surface area contributed by atoms with E-state index in [2.05, 4.69) is 33.5 Å². The van der Waals surface area contributed by atoms with Crippen molar-refractivity contribution in [3.63, 3.8) is 0 Å². The monoisotopic (exact) mass is 331 g/mol. The lowest BCUT2D eigenvalue weighted by molar-refractivity contribution is 0.0944. The minimum absolute atomic E-state index is 0.0713. The first-order chi connectivity index (χ1) is 9.04. The predicted octanol–water partition coefficient (Wildman–Crippen LogP) is 1.36. The molecule has 1 heterocycles. The Morgan fingerprint density at radius 1 is 1.53 bits per heavy atom. The van der Waals surface area contributed by atoms with E-state index in [-0.39, 0.29) is 12.0 Å². The van der Waals surface area contributed by atoms with Gasteiger partial charge in [0.25, 0.3) is 5.91 Å². The number of amides is 1. The lowest BCUT2D eigenvalue weighted by atomic mass is 10.3. The largest absolute Gasteiger partial charge is 0.392 e. The fourth-order valence-corrected chi connectivity index (χ4v) is 2.22. The molecule has 0 aromatic carbocycles. The minimum atomic E-state index is -0.367. The van der Waals surface area contributed by atoms with Crippen LogP contribution in [0.15, 0.2) is 16.7 Å². The van der Waals surface area contributed by atoms with Gasteiger partial charge in [-0.3, -0.25) is 4.79 Å². The van der Waals surface area contributed by atoms with E-state index in [0.29, 0.717) is 25.3 Å². The van der Waals surface area contributed by atoms with E-state index in [0.717, 1.165) is 17.4 Å². The molecule has 0 aliphatic rings. The molecule has 19 heavy (non-hydrogen) atoms. The van der Waals surface area contributed by atoms with E-state index in [9.17, 15) is 4.79 Å². The zero-order chi connectivity index (χ0) is 14.3. The third-order valence-electron chi connectivity index (χ3n) is 2.59. The Hall–Kier alpha value is -0.850. The fraction of sp³-hybridized carbons (Fsp3) is 0.615. The van der Waals surface area contributed by atoms with Crippen LogP contribution >= 0.6 is 15.9 Å². The molecule has 0 saturated heterocycles. The van der Waals surface area contributed by atoms with Crippen LogP contribution in [0.4, 0.5) is 0 Å². The maximum Gasteiger partial charge on any atom is 0.267 e. The van der Waals surface area contributed by atoms with Gasteiger partial charge in [0, 0.05) is 36.8 Å². The fourth-order valence-electron chi connectivity index (χ4n) is 1.76. The third kappa shape index (κ3) is 5.76. The predicted molar refractivity (Wildman–Crippen MR) is 79.3 cm³/mol. The molecule has 0 aliphatic heterocycles. The summed E-state index contributed by atoms with van der Waals surface area (Å²) in [7, 11) is 0. The van der Waals surface area contributed by atoms with Crippen molar-refractivity contribution < 1.29 is 9.90 Å². The molecule has 3 N–H and O–H groups in total. The molecule has 0 radical (unpaired) electrons. The average Bonchev–Trinajstić information content (AvgIpc) is 2.70. The number of nitrogens with one attached hydrogen (secondary N) is 2. The van der Waals surface area contributed by atoms with Gasteiger partial charge in [-0.1, -0.05) is 6.92 Å². The molecule has 0 saturated carbocycles. The van der Waals surface area contributed by atoms with E-state index >= 15 is 0 Å². The highest BCUT2D eigenvalue weighted by molar-refractivity contribution is 9.10. The molecule has 0 aliphatic carbocycles. The second-order valence-corrected chi connectivity index (χ2v) is 5.46.